The number of rotatable bonds is 1. The Morgan fingerprint density at radius 1 is 1.00 bits per heavy atom. The number of benzene rings is 2. The first-order valence-electron chi connectivity index (χ1n) is 5.73. The first kappa shape index (κ1) is 11.8. The molecule has 0 unspecified atom stereocenters. The van der Waals surface area contributed by atoms with Gasteiger partial charge in [-0.25, -0.2) is 4.79 Å². The number of hydrogen-bond donors (Lipinski definition) is 1. The molecule has 2 N–H and O–H groups in total. The fourth-order valence-corrected chi connectivity index (χ4v) is 2.14. The molecule has 0 spiro atoms. The van der Waals surface area contributed by atoms with Crippen molar-refractivity contribution in [2.45, 2.75) is 0 Å². The maximum Gasteiger partial charge on any atom is 0.344 e. The molecule has 0 saturated heterocycles. The van der Waals surface area contributed by atoms with E-state index in [1.54, 1.807) is 48.5 Å². The van der Waals surface area contributed by atoms with Crippen LogP contribution in [0.25, 0.3) is 22.1 Å². The van der Waals surface area contributed by atoms with E-state index in [1.807, 2.05) is 0 Å². The molecule has 94 valence electrons. The van der Waals surface area contributed by atoms with Crippen LogP contribution in [0.3, 0.4) is 0 Å². The van der Waals surface area contributed by atoms with Gasteiger partial charge in [-0.1, -0.05) is 23.7 Å². The van der Waals surface area contributed by atoms with Crippen molar-refractivity contribution < 1.29 is 4.42 Å². The molecule has 1 heterocycles. The molecule has 0 bridgehead atoms. The molecule has 0 radical (unpaired) electrons. The van der Waals surface area contributed by atoms with E-state index < -0.39 is 0 Å². The van der Waals surface area contributed by atoms with Crippen LogP contribution in [0.1, 0.15) is 0 Å². The van der Waals surface area contributed by atoms with Gasteiger partial charge in [0.1, 0.15) is 5.58 Å². The second-order valence-corrected chi connectivity index (χ2v) is 4.69. The monoisotopic (exact) mass is 271 g/mol. The summed E-state index contributed by atoms with van der Waals surface area (Å²) < 4.78 is 5.29. The van der Waals surface area contributed by atoms with Gasteiger partial charge in [0, 0.05) is 16.1 Å². The SMILES string of the molecule is Nc1ccc(-c2cc3cc(Cl)ccc3oc2=O)cc1. The molecule has 1 aromatic heterocycles. The molecule has 0 amide bonds. The van der Waals surface area contributed by atoms with Crippen LogP contribution in [-0.2, 0) is 0 Å². The predicted octanol–water partition coefficient (Wildman–Crippen LogP) is 3.70. The van der Waals surface area contributed by atoms with Gasteiger partial charge in [-0.05, 0) is 42.0 Å². The van der Waals surface area contributed by atoms with E-state index in [-0.39, 0.29) is 5.63 Å². The average molecular weight is 272 g/mol. The summed E-state index contributed by atoms with van der Waals surface area (Å²) >= 11 is 5.94. The van der Waals surface area contributed by atoms with E-state index in [1.165, 1.54) is 0 Å². The van der Waals surface area contributed by atoms with Gasteiger partial charge < -0.3 is 10.2 Å². The quantitative estimate of drug-likeness (QED) is 0.542. The van der Waals surface area contributed by atoms with Crippen LogP contribution in [0.4, 0.5) is 5.69 Å². The Morgan fingerprint density at radius 2 is 1.74 bits per heavy atom. The van der Waals surface area contributed by atoms with Gasteiger partial charge in [0.15, 0.2) is 0 Å². The van der Waals surface area contributed by atoms with E-state index in [9.17, 15) is 4.79 Å². The highest BCUT2D eigenvalue weighted by atomic mass is 35.5. The van der Waals surface area contributed by atoms with Crippen molar-refractivity contribution in [3.8, 4) is 11.1 Å². The van der Waals surface area contributed by atoms with Crippen molar-refractivity contribution in [3.05, 3.63) is 64.0 Å². The summed E-state index contributed by atoms with van der Waals surface area (Å²) in [6.45, 7) is 0. The molecule has 0 aliphatic rings. The largest absolute Gasteiger partial charge is 0.422 e. The zero-order chi connectivity index (χ0) is 13.4. The van der Waals surface area contributed by atoms with Gasteiger partial charge in [-0.2, -0.15) is 0 Å². The van der Waals surface area contributed by atoms with Crippen molar-refractivity contribution in [1.82, 2.24) is 0 Å². The molecule has 3 rings (SSSR count). The molecule has 0 aliphatic heterocycles. The van der Waals surface area contributed by atoms with Crippen LogP contribution in [0.15, 0.2) is 57.7 Å². The maximum atomic E-state index is 12.0. The lowest BCUT2D eigenvalue weighted by molar-refractivity contribution is 0.563. The molecule has 0 aliphatic carbocycles. The lowest BCUT2D eigenvalue weighted by Gasteiger charge is -2.03. The van der Waals surface area contributed by atoms with Crippen LogP contribution in [-0.4, -0.2) is 0 Å². The second-order valence-electron chi connectivity index (χ2n) is 4.25. The van der Waals surface area contributed by atoms with E-state index in [4.69, 9.17) is 21.8 Å². The fraction of sp³-hybridized carbons (Fsp3) is 0. The van der Waals surface area contributed by atoms with E-state index in [2.05, 4.69) is 0 Å². The highest BCUT2D eigenvalue weighted by Crippen LogP contribution is 2.24. The van der Waals surface area contributed by atoms with Gasteiger partial charge in [-0.15, -0.1) is 0 Å². The zero-order valence-corrected chi connectivity index (χ0v) is 10.6. The van der Waals surface area contributed by atoms with Gasteiger partial charge in [0.2, 0.25) is 0 Å². The number of anilines is 1. The van der Waals surface area contributed by atoms with Crippen LogP contribution in [0, 0.1) is 0 Å². The summed E-state index contributed by atoms with van der Waals surface area (Å²) in [5.74, 6) is 0. The summed E-state index contributed by atoms with van der Waals surface area (Å²) in [7, 11) is 0. The van der Waals surface area contributed by atoms with Crippen LogP contribution >= 0.6 is 11.6 Å². The minimum absolute atomic E-state index is 0.375. The lowest BCUT2D eigenvalue weighted by atomic mass is 10.1. The fourth-order valence-electron chi connectivity index (χ4n) is 1.96. The Balaban J connectivity index is 2.26. The number of fused-ring (bicyclic) bond motifs is 1. The Labute approximate surface area is 114 Å². The normalized spacial score (nSPS) is 10.8. The van der Waals surface area contributed by atoms with Gasteiger partial charge in [0.25, 0.3) is 0 Å². The first-order valence-corrected chi connectivity index (χ1v) is 6.10. The van der Waals surface area contributed by atoms with Crippen molar-refractivity contribution in [3.63, 3.8) is 0 Å². The van der Waals surface area contributed by atoms with E-state index >= 15 is 0 Å². The van der Waals surface area contributed by atoms with Crippen molar-refractivity contribution in [2.24, 2.45) is 0 Å². The summed E-state index contributed by atoms with van der Waals surface area (Å²) in [5.41, 5.74) is 7.69. The zero-order valence-electron chi connectivity index (χ0n) is 9.89. The standard InChI is InChI=1S/C15H10ClNO2/c16-11-3-6-14-10(7-11)8-13(15(18)19-14)9-1-4-12(17)5-2-9/h1-8H,17H2. The van der Waals surface area contributed by atoms with Gasteiger partial charge in [0.05, 0.1) is 5.56 Å². The molecular weight excluding hydrogens is 262 g/mol. The summed E-state index contributed by atoms with van der Waals surface area (Å²) in [6.07, 6.45) is 0. The lowest BCUT2D eigenvalue weighted by Crippen LogP contribution is -2.02. The number of hydrogen-bond acceptors (Lipinski definition) is 3. The van der Waals surface area contributed by atoms with Crippen molar-refractivity contribution in [1.29, 1.82) is 0 Å². The average Bonchev–Trinajstić information content (AvgIpc) is 2.40. The molecule has 0 saturated carbocycles. The topological polar surface area (TPSA) is 56.2 Å². The summed E-state index contributed by atoms with van der Waals surface area (Å²) in [5, 5.41) is 1.39. The molecule has 19 heavy (non-hydrogen) atoms. The summed E-state index contributed by atoms with van der Waals surface area (Å²) in [6, 6.07) is 14.0. The molecule has 0 fully saturated rings. The molecule has 3 nitrogen and oxygen atoms in total. The van der Waals surface area contributed by atoms with Crippen molar-refractivity contribution in [2.75, 3.05) is 5.73 Å². The molecule has 4 heteroatoms. The Kier molecular flexibility index (Phi) is 2.76. The molecule has 3 aromatic rings. The second kappa shape index (κ2) is 4.44. The predicted molar refractivity (Wildman–Crippen MR) is 77.3 cm³/mol. The van der Waals surface area contributed by atoms with Crippen LogP contribution in [0.2, 0.25) is 5.02 Å². The minimum Gasteiger partial charge on any atom is -0.422 e. The Hall–Kier alpha value is -2.26. The van der Waals surface area contributed by atoms with Gasteiger partial charge >= 0.3 is 5.63 Å². The highest BCUT2D eigenvalue weighted by molar-refractivity contribution is 6.31. The first-order chi connectivity index (χ1) is 9.13. The smallest absolute Gasteiger partial charge is 0.344 e. The Bertz CT molecular complexity index is 806. The van der Waals surface area contributed by atoms with Gasteiger partial charge in [-0.3, -0.25) is 0 Å². The van der Waals surface area contributed by atoms with Crippen molar-refractivity contribution >= 4 is 28.3 Å². The van der Waals surface area contributed by atoms with Crippen LogP contribution < -0.4 is 11.4 Å². The third-order valence-corrected chi connectivity index (χ3v) is 3.15. The third kappa shape index (κ3) is 2.20. The van der Waals surface area contributed by atoms with Crippen LogP contribution in [0.5, 0.6) is 0 Å². The minimum atomic E-state index is -0.375. The van der Waals surface area contributed by atoms with E-state index in [0.717, 1.165) is 10.9 Å². The number of nitrogens with two attached hydrogens (primary N) is 1. The summed E-state index contributed by atoms with van der Waals surface area (Å²) in [4.78, 5) is 12.0. The maximum absolute atomic E-state index is 12.0. The third-order valence-electron chi connectivity index (χ3n) is 2.92. The molecular formula is C15H10ClNO2. The number of nitrogen functional groups attached to an aromatic ring is 1. The Morgan fingerprint density at radius 3 is 2.47 bits per heavy atom. The van der Waals surface area contributed by atoms with E-state index in [0.29, 0.717) is 21.9 Å². The number of halogens is 1. The highest BCUT2D eigenvalue weighted by Gasteiger charge is 2.07. The molecule has 2 aromatic carbocycles. The molecule has 0 atom stereocenters.